The lowest BCUT2D eigenvalue weighted by molar-refractivity contribution is 0.173. The molecule has 0 aliphatic heterocycles. The van der Waals surface area contributed by atoms with Crippen LogP contribution in [0, 0.1) is 0 Å². The number of hydrogen-bond acceptors (Lipinski definition) is 12. The van der Waals surface area contributed by atoms with E-state index in [4.69, 9.17) is 37.9 Å². The van der Waals surface area contributed by atoms with Crippen LogP contribution in [0.2, 0.25) is 0 Å². The number of hydrogen-bond donors (Lipinski definition) is 4. The summed E-state index contributed by atoms with van der Waals surface area (Å²) in [7, 11) is 12.7. The standard InChI is InChI=1S/C46H62O12/c1-45(37-13-29(21-51-3)41(47)30(14-37)22-52-4,38-15-31(23-53-5)42(48)32(16-38)24-54-6)11-12-46(2,39-17-33(25-55-7)43(49)34(18-39)26-56-8)40-19-35(27-57-9)44(50)36(20-40)28-58-10/h13-20,47-50H,11-12,21-28H2,1-10H3. The van der Waals surface area contributed by atoms with Gasteiger partial charge in [-0.1, -0.05) is 13.8 Å². The van der Waals surface area contributed by atoms with E-state index in [1.807, 2.05) is 48.5 Å². The third-order valence-electron chi connectivity index (χ3n) is 11.1. The van der Waals surface area contributed by atoms with E-state index >= 15 is 0 Å². The van der Waals surface area contributed by atoms with Crippen LogP contribution >= 0.6 is 0 Å². The Hall–Kier alpha value is -4.24. The third kappa shape index (κ3) is 10.1. The maximum Gasteiger partial charge on any atom is 0.126 e. The van der Waals surface area contributed by atoms with E-state index in [2.05, 4.69) is 13.8 Å². The van der Waals surface area contributed by atoms with Crippen LogP contribution in [0.25, 0.3) is 0 Å². The lowest BCUT2D eigenvalue weighted by Gasteiger charge is -2.39. The predicted octanol–water partition coefficient (Wildman–Crippen LogP) is 7.77. The zero-order valence-corrected chi connectivity index (χ0v) is 35.7. The summed E-state index contributed by atoms with van der Waals surface area (Å²) in [4.78, 5) is 0. The van der Waals surface area contributed by atoms with Gasteiger partial charge in [-0.25, -0.2) is 0 Å². The highest BCUT2D eigenvalue weighted by Gasteiger charge is 2.38. The van der Waals surface area contributed by atoms with Crippen molar-refractivity contribution in [3.8, 4) is 23.0 Å². The molecule has 0 saturated heterocycles. The molecule has 0 aliphatic carbocycles. The average molecular weight is 807 g/mol. The van der Waals surface area contributed by atoms with Gasteiger partial charge in [0.2, 0.25) is 0 Å². The Bertz CT molecular complexity index is 1590. The second-order valence-corrected chi connectivity index (χ2v) is 15.2. The summed E-state index contributed by atoms with van der Waals surface area (Å²) >= 11 is 0. The van der Waals surface area contributed by atoms with Gasteiger partial charge in [-0.15, -0.1) is 0 Å². The van der Waals surface area contributed by atoms with Crippen LogP contribution < -0.4 is 0 Å². The van der Waals surface area contributed by atoms with Gasteiger partial charge in [0.15, 0.2) is 0 Å². The lowest BCUT2D eigenvalue weighted by Crippen LogP contribution is -2.31. The normalized spacial score (nSPS) is 12.1. The summed E-state index contributed by atoms with van der Waals surface area (Å²) in [6.07, 6.45) is 1.02. The van der Waals surface area contributed by atoms with Crippen LogP contribution in [0.15, 0.2) is 48.5 Å². The first-order chi connectivity index (χ1) is 27.8. The van der Waals surface area contributed by atoms with E-state index in [9.17, 15) is 20.4 Å². The van der Waals surface area contributed by atoms with Crippen LogP contribution in [-0.4, -0.2) is 77.3 Å². The van der Waals surface area contributed by atoms with Crippen LogP contribution in [-0.2, 0) is 102 Å². The van der Waals surface area contributed by atoms with Crippen molar-refractivity contribution in [2.24, 2.45) is 0 Å². The van der Waals surface area contributed by atoms with Crippen LogP contribution in [0.3, 0.4) is 0 Å². The minimum Gasteiger partial charge on any atom is -0.507 e. The van der Waals surface area contributed by atoms with E-state index in [0.29, 0.717) is 57.3 Å². The molecule has 0 saturated carbocycles. The van der Waals surface area contributed by atoms with E-state index in [1.54, 1.807) is 56.9 Å². The number of ether oxygens (including phenoxy) is 8. The number of methoxy groups -OCH3 is 8. The minimum atomic E-state index is -0.790. The summed E-state index contributed by atoms with van der Waals surface area (Å²) < 4.78 is 44.5. The number of phenols is 4. The molecule has 4 rings (SSSR count). The van der Waals surface area contributed by atoms with Crippen LogP contribution in [0.5, 0.6) is 23.0 Å². The van der Waals surface area contributed by atoms with Crippen molar-refractivity contribution >= 4 is 0 Å². The topological polar surface area (TPSA) is 155 Å². The molecule has 0 unspecified atom stereocenters. The van der Waals surface area contributed by atoms with Crippen molar-refractivity contribution in [3.05, 3.63) is 115 Å². The van der Waals surface area contributed by atoms with Crippen molar-refractivity contribution in [1.82, 2.24) is 0 Å². The monoisotopic (exact) mass is 806 g/mol. The number of rotatable bonds is 23. The molecule has 12 heteroatoms. The highest BCUT2D eigenvalue weighted by molar-refractivity contribution is 5.55. The van der Waals surface area contributed by atoms with E-state index in [-0.39, 0.29) is 75.9 Å². The first-order valence-corrected chi connectivity index (χ1v) is 19.1. The lowest BCUT2D eigenvalue weighted by atomic mass is 9.65. The maximum absolute atomic E-state index is 11.3. The Kier molecular flexibility index (Phi) is 16.9. The highest BCUT2D eigenvalue weighted by atomic mass is 16.5. The fourth-order valence-corrected chi connectivity index (χ4v) is 7.85. The van der Waals surface area contributed by atoms with Crippen LogP contribution in [0.4, 0.5) is 0 Å². The summed E-state index contributed by atoms with van der Waals surface area (Å²) in [6, 6.07) is 15.7. The van der Waals surface area contributed by atoms with Crippen molar-refractivity contribution < 1.29 is 58.3 Å². The van der Waals surface area contributed by atoms with Gasteiger partial charge in [-0.3, -0.25) is 0 Å². The fourth-order valence-electron chi connectivity index (χ4n) is 7.85. The second-order valence-electron chi connectivity index (χ2n) is 15.2. The molecule has 0 amide bonds. The highest BCUT2D eigenvalue weighted by Crippen LogP contribution is 2.48. The molecule has 4 N–H and O–H groups in total. The van der Waals surface area contributed by atoms with Gasteiger partial charge < -0.3 is 58.3 Å². The van der Waals surface area contributed by atoms with Crippen molar-refractivity contribution in [1.29, 1.82) is 0 Å². The van der Waals surface area contributed by atoms with Crippen LogP contribution in [0.1, 0.15) is 93.5 Å². The molecule has 0 aliphatic rings. The van der Waals surface area contributed by atoms with Gasteiger partial charge in [0, 0.05) is 112 Å². The second kappa shape index (κ2) is 21.1. The number of aromatic hydroxyl groups is 4. The number of phenolic OH excluding ortho intramolecular Hbond substituents is 4. The average Bonchev–Trinajstić information content (AvgIpc) is 3.20. The smallest absolute Gasteiger partial charge is 0.126 e. The zero-order valence-electron chi connectivity index (χ0n) is 35.7. The van der Waals surface area contributed by atoms with Gasteiger partial charge in [0.1, 0.15) is 23.0 Å². The van der Waals surface area contributed by atoms with Gasteiger partial charge >= 0.3 is 0 Å². The molecule has 4 aromatic rings. The Balaban J connectivity index is 2.12. The summed E-state index contributed by atoms with van der Waals surface area (Å²) in [5.41, 5.74) is 6.82. The van der Waals surface area contributed by atoms with E-state index in [1.165, 1.54) is 0 Å². The summed E-state index contributed by atoms with van der Waals surface area (Å²) in [5, 5.41) is 45.4. The van der Waals surface area contributed by atoms with E-state index in [0.717, 1.165) is 22.3 Å². The molecule has 12 nitrogen and oxygen atoms in total. The molecular formula is C46H62O12. The van der Waals surface area contributed by atoms with Crippen molar-refractivity contribution in [2.75, 3.05) is 56.9 Å². The molecule has 0 spiro atoms. The Morgan fingerprint density at radius 1 is 0.310 bits per heavy atom. The summed E-state index contributed by atoms with van der Waals surface area (Å²) in [5.74, 6) is 0.412. The predicted molar refractivity (Wildman–Crippen MR) is 220 cm³/mol. The Morgan fingerprint density at radius 2 is 0.448 bits per heavy atom. The minimum absolute atomic E-state index is 0.103. The fraction of sp³-hybridized carbons (Fsp3) is 0.478. The SMILES string of the molecule is COCc1cc(C(C)(CCC(C)(c2cc(COC)c(O)c(COC)c2)c2cc(COC)c(O)c(COC)c2)c2cc(COC)c(O)c(COC)c2)cc(COC)c1O. The molecule has 0 aromatic heterocycles. The molecule has 318 valence electrons. The van der Waals surface area contributed by atoms with Crippen molar-refractivity contribution in [3.63, 3.8) is 0 Å². The summed E-state index contributed by atoms with van der Waals surface area (Å²) in [6.45, 7) is 5.64. The largest absolute Gasteiger partial charge is 0.507 e. The molecular weight excluding hydrogens is 744 g/mol. The molecule has 0 fully saturated rings. The number of benzene rings is 4. The van der Waals surface area contributed by atoms with Gasteiger partial charge in [-0.05, 0) is 83.6 Å². The molecule has 0 heterocycles. The molecule has 58 heavy (non-hydrogen) atoms. The first kappa shape index (κ1) is 46.4. The van der Waals surface area contributed by atoms with E-state index < -0.39 is 10.8 Å². The molecule has 4 aromatic carbocycles. The molecule has 0 atom stereocenters. The van der Waals surface area contributed by atoms with Gasteiger partial charge in [-0.2, -0.15) is 0 Å². The zero-order chi connectivity index (χ0) is 42.6. The molecule has 0 bridgehead atoms. The maximum atomic E-state index is 11.3. The third-order valence-corrected chi connectivity index (χ3v) is 11.1. The van der Waals surface area contributed by atoms with Gasteiger partial charge in [0.25, 0.3) is 0 Å². The quantitative estimate of drug-likeness (QED) is 0.0579. The van der Waals surface area contributed by atoms with Gasteiger partial charge in [0.05, 0.1) is 52.9 Å². The Morgan fingerprint density at radius 3 is 0.569 bits per heavy atom. The van der Waals surface area contributed by atoms with Crippen molar-refractivity contribution in [2.45, 2.75) is 90.4 Å². The Labute approximate surface area is 343 Å². The molecule has 0 radical (unpaired) electrons. The first-order valence-electron chi connectivity index (χ1n) is 19.1.